The predicted octanol–water partition coefficient (Wildman–Crippen LogP) is 5.07. The second kappa shape index (κ2) is 14.5. The maximum absolute atomic E-state index is 11.9. The maximum atomic E-state index is 11.9. The van der Waals surface area contributed by atoms with Crippen LogP contribution in [0.1, 0.15) is 71.9 Å². The number of H-pyrrole nitrogens is 1. The van der Waals surface area contributed by atoms with Crippen molar-refractivity contribution >= 4 is 17.3 Å². The molecule has 5 rings (SSSR count). The van der Waals surface area contributed by atoms with Crippen LogP contribution in [0.15, 0.2) is 39.3 Å². The minimum Gasteiger partial charge on any atom is -0.508 e. The second-order valence-corrected chi connectivity index (χ2v) is 8.98. The lowest BCUT2D eigenvalue weighted by molar-refractivity contribution is 0.122. The van der Waals surface area contributed by atoms with E-state index in [1.165, 1.54) is 0 Å². The standard InChI is InChI=1S/C18H21N5O3.C5H9NO.2C2H6/c24-13-4-5-14-12(10-13)2-1-3-15(14)21-22-16-11-17(20-18(25)19-16)23-6-8-26-9-7-23;1-4-3-5(4,2)6-7;2*1-2/h4-5,10-11,24H,1-3,6-9H2,(H2,19,20,22,25);4H,3H2,1-2H3;2*1-2H3/b21-15+;;;. The Hall–Kier alpha value is -3.27. The molecule has 2 fully saturated rings. The number of nitrogens with zero attached hydrogens (tertiary/aromatic N) is 4. The number of benzene rings is 1. The monoisotopic (exact) mass is 514 g/mol. The number of ether oxygens (including phenoxy) is 1. The van der Waals surface area contributed by atoms with Crippen molar-refractivity contribution in [1.29, 1.82) is 0 Å². The maximum Gasteiger partial charge on any atom is 0.348 e. The molecular weight excluding hydrogens is 472 g/mol. The number of phenols is 1. The van der Waals surface area contributed by atoms with Crippen LogP contribution in [-0.4, -0.2) is 52.6 Å². The lowest BCUT2D eigenvalue weighted by Gasteiger charge is -2.27. The van der Waals surface area contributed by atoms with Crippen LogP contribution in [0, 0.1) is 10.8 Å². The molecule has 1 aromatic carbocycles. The summed E-state index contributed by atoms with van der Waals surface area (Å²) in [6.07, 6.45) is 3.73. The molecule has 204 valence electrons. The van der Waals surface area contributed by atoms with Gasteiger partial charge in [-0.05, 0) is 62.3 Å². The average molecular weight is 515 g/mol. The van der Waals surface area contributed by atoms with E-state index in [0.717, 1.165) is 42.5 Å². The van der Waals surface area contributed by atoms with E-state index in [1.54, 1.807) is 18.2 Å². The average Bonchev–Trinajstić information content (AvgIpc) is 3.56. The van der Waals surface area contributed by atoms with Gasteiger partial charge >= 0.3 is 5.69 Å². The lowest BCUT2D eigenvalue weighted by Crippen LogP contribution is -2.37. The molecule has 0 spiro atoms. The van der Waals surface area contributed by atoms with Crippen molar-refractivity contribution in [3.05, 3.63) is 50.8 Å². The zero-order chi connectivity index (χ0) is 27.4. The van der Waals surface area contributed by atoms with Crippen molar-refractivity contribution in [2.24, 2.45) is 16.2 Å². The minimum atomic E-state index is -0.411. The zero-order valence-corrected chi connectivity index (χ0v) is 23.0. The molecule has 3 aliphatic rings. The summed E-state index contributed by atoms with van der Waals surface area (Å²) in [4.78, 5) is 30.5. The molecule has 3 N–H and O–H groups in total. The van der Waals surface area contributed by atoms with E-state index in [-0.39, 0.29) is 11.3 Å². The van der Waals surface area contributed by atoms with E-state index in [4.69, 9.17) is 4.74 Å². The molecule has 1 saturated heterocycles. The summed E-state index contributed by atoms with van der Waals surface area (Å²) in [6.45, 7) is 14.6. The number of hydrogen-bond acceptors (Lipinski definition) is 9. The molecular formula is C27H42N6O4. The number of hydrogen-bond donors (Lipinski definition) is 3. The first-order valence-electron chi connectivity index (χ1n) is 13.3. The summed E-state index contributed by atoms with van der Waals surface area (Å²) in [5.41, 5.74) is 5.41. The highest BCUT2D eigenvalue weighted by molar-refractivity contribution is 6.03. The van der Waals surface area contributed by atoms with E-state index in [0.29, 0.717) is 43.9 Å². The molecule has 0 radical (unpaired) electrons. The number of aryl methyl sites for hydroxylation is 1. The Morgan fingerprint density at radius 1 is 1.16 bits per heavy atom. The molecule has 0 amide bonds. The van der Waals surface area contributed by atoms with Gasteiger partial charge < -0.3 is 14.7 Å². The first-order valence-corrected chi connectivity index (χ1v) is 13.3. The summed E-state index contributed by atoms with van der Waals surface area (Å²) in [5.74, 6) is 1.93. The Balaban J connectivity index is 0.000000371. The van der Waals surface area contributed by atoms with Gasteiger partial charge in [0.1, 0.15) is 22.9 Å². The summed E-state index contributed by atoms with van der Waals surface area (Å²) < 4.78 is 5.34. The first kappa shape index (κ1) is 30.0. The van der Waals surface area contributed by atoms with Crippen LogP contribution in [0.4, 0.5) is 11.6 Å². The Kier molecular flexibility index (Phi) is 11.7. The summed E-state index contributed by atoms with van der Waals surface area (Å²) in [5, 5.41) is 17.1. The fraction of sp³-hybridized carbons (Fsp3) is 0.593. The van der Waals surface area contributed by atoms with Crippen molar-refractivity contribution in [2.75, 3.05) is 36.6 Å². The minimum absolute atomic E-state index is 0.181. The van der Waals surface area contributed by atoms with Crippen LogP contribution in [0.5, 0.6) is 5.75 Å². The molecule has 10 heteroatoms. The molecule has 1 aromatic heterocycles. The van der Waals surface area contributed by atoms with Gasteiger partial charge in [-0.1, -0.05) is 39.8 Å². The number of fused-ring (bicyclic) bond motifs is 1. The van der Waals surface area contributed by atoms with E-state index in [2.05, 4.69) is 25.7 Å². The van der Waals surface area contributed by atoms with E-state index in [1.807, 2.05) is 52.5 Å². The highest BCUT2D eigenvalue weighted by Crippen LogP contribution is 2.45. The van der Waals surface area contributed by atoms with Gasteiger partial charge in [-0.25, -0.2) is 4.79 Å². The number of morpholine rings is 1. The topological polar surface area (TPSA) is 132 Å². The number of aromatic amines is 1. The molecule has 1 aliphatic heterocycles. The van der Waals surface area contributed by atoms with Gasteiger partial charge in [-0.3, -0.25) is 10.4 Å². The van der Waals surface area contributed by atoms with Crippen LogP contribution in [0.2, 0.25) is 0 Å². The fourth-order valence-electron chi connectivity index (χ4n) is 4.04. The smallest absolute Gasteiger partial charge is 0.348 e. The van der Waals surface area contributed by atoms with Crippen LogP contribution in [-0.2, 0) is 11.2 Å². The Morgan fingerprint density at radius 2 is 1.84 bits per heavy atom. The summed E-state index contributed by atoms with van der Waals surface area (Å²) >= 11 is 0. The summed E-state index contributed by atoms with van der Waals surface area (Å²) in [6, 6.07) is 7.13. The lowest BCUT2D eigenvalue weighted by atomic mass is 9.90. The molecule has 2 atom stereocenters. The normalized spacial score (nSPS) is 22.6. The number of aromatic hydroxyl groups is 1. The highest BCUT2D eigenvalue weighted by atomic mass is 16.5. The SMILES string of the molecule is CC.CC.CC1CC1(C)N=O.O=c1nc(N2CCOCC2)cc(N/N=C2\CCCc3cc(O)ccc32)[nH]1. The van der Waals surface area contributed by atoms with Gasteiger partial charge in [0.2, 0.25) is 0 Å². The predicted molar refractivity (Wildman–Crippen MR) is 150 cm³/mol. The van der Waals surface area contributed by atoms with Crippen molar-refractivity contribution in [3.8, 4) is 5.75 Å². The van der Waals surface area contributed by atoms with Crippen LogP contribution >= 0.6 is 0 Å². The molecule has 2 unspecified atom stereocenters. The highest BCUT2D eigenvalue weighted by Gasteiger charge is 2.48. The van der Waals surface area contributed by atoms with Crippen molar-refractivity contribution in [2.45, 2.75) is 72.8 Å². The second-order valence-electron chi connectivity index (χ2n) is 8.98. The molecule has 37 heavy (non-hydrogen) atoms. The van der Waals surface area contributed by atoms with Gasteiger partial charge in [0, 0.05) is 24.7 Å². The van der Waals surface area contributed by atoms with Gasteiger partial charge in [-0.15, -0.1) is 0 Å². The quantitative estimate of drug-likeness (QED) is 0.383. The van der Waals surface area contributed by atoms with Gasteiger partial charge in [0.25, 0.3) is 0 Å². The fourth-order valence-corrected chi connectivity index (χ4v) is 4.04. The van der Waals surface area contributed by atoms with Crippen LogP contribution < -0.4 is 16.0 Å². The molecule has 2 aromatic rings. The molecule has 2 heterocycles. The number of phenolic OH excluding ortho intramolecular Hbond substituents is 1. The third-order valence-corrected chi connectivity index (χ3v) is 6.47. The van der Waals surface area contributed by atoms with Gasteiger partial charge in [0.15, 0.2) is 0 Å². The molecule has 0 bridgehead atoms. The molecule has 2 aliphatic carbocycles. The number of rotatable bonds is 4. The zero-order valence-electron chi connectivity index (χ0n) is 23.0. The third kappa shape index (κ3) is 8.38. The Labute approximate surface area is 219 Å². The third-order valence-electron chi connectivity index (χ3n) is 6.47. The van der Waals surface area contributed by atoms with E-state index in [9.17, 15) is 14.8 Å². The van der Waals surface area contributed by atoms with Crippen LogP contribution in [0.25, 0.3) is 0 Å². The number of aromatic nitrogens is 2. The van der Waals surface area contributed by atoms with E-state index >= 15 is 0 Å². The molecule has 1 saturated carbocycles. The largest absolute Gasteiger partial charge is 0.508 e. The Bertz CT molecular complexity index is 1100. The Morgan fingerprint density at radius 3 is 2.43 bits per heavy atom. The van der Waals surface area contributed by atoms with Gasteiger partial charge in [0.05, 0.1) is 18.9 Å². The van der Waals surface area contributed by atoms with Crippen molar-refractivity contribution in [3.63, 3.8) is 0 Å². The van der Waals surface area contributed by atoms with Crippen molar-refractivity contribution in [1.82, 2.24) is 9.97 Å². The van der Waals surface area contributed by atoms with Crippen molar-refractivity contribution < 1.29 is 9.84 Å². The number of anilines is 2. The first-order chi connectivity index (χ1) is 17.9. The summed E-state index contributed by atoms with van der Waals surface area (Å²) in [7, 11) is 0. The molecule has 10 nitrogen and oxygen atoms in total. The van der Waals surface area contributed by atoms with Gasteiger partial charge in [-0.2, -0.15) is 15.0 Å². The number of hydrazone groups is 1. The van der Waals surface area contributed by atoms with E-state index < -0.39 is 5.69 Å². The van der Waals surface area contributed by atoms with Crippen LogP contribution in [0.3, 0.4) is 0 Å². The number of nitrogens with one attached hydrogen (secondary N) is 2. The number of nitroso groups, excluding NO2 is 1.